The molecule has 2 aliphatic rings. The van der Waals surface area contributed by atoms with Crippen molar-refractivity contribution < 1.29 is 9.31 Å². The molecule has 0 spiro atoms. The van der Waals surface area contributed by atoms with Crippen LogP contribution in [0.2, 0.25) is 0 Å². The minimum atomic E-state index is -0.318. The predicted molar refractivity (Wildman–Crippen MR) is 127 cm³/mol. The number of hydrogen-bond acceptors (Lipinski definition) is 2. The zero-order valence-electron chi connectivity index (χ0n) is 19.7. The molecule has 3 heteroatoms. The molecule has 2 aromatic carbocycles. The van der Waals surface area contributed by atoms with Crippen LogP contribution in [0.5, 0.6) is 0 Å². The highest BCUT2D eigenvalue weighted by atomic mass is 16.7. The summed E-state index contributed by atoms with van der Waals surface area (Å²) < 4.78 is 12.8. The van der Waals surface area contributed by atoms with Gasteiger partial charge in [-0.05, 0) is 68.3 Å². The van der Waals surface area contributed by atoms with Crippen LogP contribution in [-0.4, -0.2) is 18.3 Å². The summed E-state index contributed by atoms with van der Waals surface area (Å²) in [7, 11) is -0.306. The van der Waals surface area contributed by atoms with Gasteiger partial charge in [-0.25, -0.2) is 0 Å². The molecule has 0 radical (unpaired) electrons. The van der Waals surface area contributed by atoms with Crippen molar-refractivity contribution in [1.29, 1.82) is 0 Å². The third kappa shape index (κ3) is 3.35. The molecule has 0 amide bonds. The first-order valence-electron chi connectivity index (χ1n) is 11.9. The van der Waals surface area contributed by atoms with E-state index in [2.05, 4.69) is 84.0 Å². The van der Waals surface area contributed by atoms with E-state index >= 15 is 0 Å². The summed E-state index contributed by atoms with van der Waals surface area (Å²) in [5.41, 5.74) is 6.45. The second kappa shape index (κ2) is 7.84. The maximum Gasteiger partial charge on any atom is 0.494 e. The van der Waals surface area contributed by atoms with E-state index in [1.54, 1.807) is 0 Å². The lowest BCUT2D eigenvalue weighted by molar-refractivity contribution is 0.00578. The Morgan fingerprint density at radius 1 is 0.733 bits per heavy atom. The Morgan fingerprint density at radius 3 is 1.90 bits per heavy atom. The van der Waals surface area contributed by atoms with Gasteiger partial charge in [-0.15, -0.1) is 0 Å². The molecular formula is C27H37BO2. The lowest BCUT2D eigenvalue weighted by Crippen LogP contribution is -2.41. The maximum absolute atomic E-state index is 6.40. The normalized spacial score (nSPS) is 20.3. The SMILES string of the molecule is CCCCC1(CCCC)c2ccccc2-c2ccc(B3OC(C)(C)C(C)(C)O3)cc21. The van der Waals surface area contributed by atoms with Crippen LogP contribution in [0.4, 0.5) is 0 Å². The number of hydrogen-bond donors (Lipinski definition) is 0. The second-order valence-corrected chi connectivity index (χ2v) is 10.2. The molecule has 0 unspecified atom stereocenters. The van der Waals surface area contributed by atoms with E-state index in [1.807, 2.05) is 0 Å². The van der Waals surface area contributed by atoms with Gasteiger partial charge in [-0.2, -0.15) is 0 Å². The predicted octanol–water partition coefficient (Wildman–Crippen LogP) is 6.63. The Hall–Kier alpha value is -1.58. The van der Waals surface area contributed by atoms with Gasteiger partial charge in [-0.3, -0.25) is 0 Å². The van der Waals surface area contributed by atoms with E-state index in [4.69, 9.17) is 9.31 Å². The average molecular weight is 404 g/mol. The van der Waals surface area contributed by atoms with E-state index in [0.29, 0.717) is 0 Å². The third-order valence-electron chi connectivity index (χ3n) is 7.73. The molecule has 1 aliphatic heterocycles. The first-order chi connectivity index (χ1) is 14.3. The van der Waals surface area contributed by atoms with Crippen LogP contribution >= 0.6 is 0 Å². The molecule has 1 fully saturated rings. The van der Waals surface area contributed by atoms with Gasteiger partial charge in [0.15, 0.2) is 0 Å². The van der Waals surface area contributed by atoms with Gasteiger partial charge in [0.25, 0.3) is 0 Å². The summed E-state index contributed by atoms with van der Waals surface area (Å²) in [5, 5.41) is 0. The molecule has 1 saturated heterocycles. The highest BCUT2D eigenvalue weighted by Gasteiger charge is 2.52. The summed E-state index contributed by atoms with van der Waals surface area (Å²) in [6.07, 6.45) is 7.36. The van der Waals surface area contributed by atoms with E-state index in [0.717, 1.165) is 5.46 Å². The van der Waals surface area contributed by atoms with E-state index in [-0.39, 0.29) is 23.7 Å². The molecule has 0 saturated carbocycles. The number of fused-ring (bicyclic) bond motifs is 3. The Balaban J connectivity index is 1.82. The van der Waals surface area contributed by atoms with Crippen LogP contribution in [0.1, 0.15) is 91.2 Å². The Labute approximate surface area is 183 Å². The largest absolute Gasteiger partial charge is 0.494 e. The topological polar surface area (TPSA) is 18.5 Å². The van der Waals surface area contributed by atoms with E-state index < -0.39 is 0 Å². The number of unbranched alkanes of at least 4 members (excludes halogenated alkanes) is 2. The van der Waals surface area contributed by atoms with Gasteiger partial charge in [0.05, 0.1) is 11.2 Å². The summed E-state index contributed by atoms with van der Waals surface area (Å²) in [6, 6.07) is 16.0. The lowest BCUT2D eigenvalue weighted by Gasteiger charge is -2.33. The van der Waals surface area contributed by atoms with Crippen molar-refractivity contribution in [3.05, 3.63) is 53.6 Å². The van der Waals surface area contributed by atoms with Gasteiger partial charge in [-0.1, -0.05) is 82.0 Å². The fourth-order valence-electron chi connectivity index (χ4n) is 5.22. The zero-order valence-corrected chi connectivity index (χ0v) is 19.7. The molecule has 0 N–H and O–H groups in total. The van der Waals surface area contributed by atoms with Crippen LogP contribution in [0.15, 0.2) is 42.5 Å². The molecule has 2 aromatic rings. The summed E-state index contributed by atoms with van der Waals surface area (Å²) in [4.78, 5) is 0. The molecular weight excluding hydrogens is 367 g/mol. The highest BCUT2D eigenvalue weighted by molar-refractivity contribution is 6.62. The Morgan fingerprint density at radius 2 is 1.30 bits per heavy atom. The van der Waals surface area contributed by atoms with Gasteiger partial charge >= 0.3 is 7.12 Å². The standard InChI is InChI=1S/C27H37BO2/c1-7-9-17-27(18-10-8-2)23-14-12-11-13-21(23)22-16-15-20(19-24(22)27)28-29-25(3,4)26(5,6)30-28/h11-16,19H,7-10,17-18H2,1-6H3. The van der Waals surface area contributed by atoms with Gasteiger partial charge < -0.3 is 9.31 Å². The number of rotatable bonds is 7. The second-order valence-electron chi connectivity index (χ2n) is 10.2. The van der Waals surface area contributed by atoms with Crippen molar-refractivity contribution in [3.8, 4) is 11.1 Å². The lowest BCUT2D eigenvalue weighted by atomic mass is 9.68. The fraction of sp³-hybridized carbons (Fsp3) is 0.556. The Bertz CT molecular complexity index is 891. The molecule has 30 heavy (non-hydrogen) atoms. The van der Waals surface area contributed by atoms with Crippen LogP contribution in [0.3, 0.4) is 0 Å². The molecule has 1 aliphatic carbocycles. The molecule has 0 atom stereocenters. The molecule has 0 bridgehead atoms. The Kier molecular flexibility index (Phi) is 5.66. The first-order valence-corrected chi connectivity index (χ1v) is 11.9. The summed E-state index contributed by atoms with van der Waals surface area (Å²) in [6.45, 7) is 13.1. The molecule has 2 nitrogen and oxygen atoms in total. The van der Waals surface area contributed by atoms with E-state index in [1.165, 1.54) is 60.8 Å². The van der Waals surface area contributed by atoms with Crippen molar-refractivity contribution in [2.24, 2.45) is 0 Å². The first kappa shape index (κ1) is 21.6. The van der Waals surface area contributed by atoms with Crippen molar-refractivity contribution >= 4 is 12.6 Å². The van der Waals surface area contributed by atoms with Crippen molar-refractivity contribution in [2.75, 3.05) is 0 Å². The smallest absolute Gasteiger partial charge is 0.399 e. The van der Waals surface area contributed by atoms with E-state index in [9.17, 15) is 0 Å². The fourth-order valence-corrected chi connectivity index (χ4v) is 5.22. The zero-order chi connectivity index (χ0) is 21.6. The molecule has 160 valence electrons. The van der Waals surface area contributed by atoms with Crippen molar-refractivity contribution in [3.63, 3.8) is 0 Å². The number of benzene rings is 2. The summed E-state index contributed by atoms with van der Waals surface area (Å²) in [5.74, 6) is 0. The molecule has 1 heterocycles. The minimum absolute atomic E-state index is 0.109. The van der Waals surface area contributed by atoms with Gasteiger partial charge in [0.2, 0.25) is 0 Å². The average Bonchev–Trinajstić information content (AvgIpc) is 3.12. The third-order valence-corrected chi connectivity index (χ3v) is 7.73. The quantitative estimate of drug-likeness (QED) is 0.482. The molecule has 4 rings (SSSR count). The van der Waals surface area contributed by atoms with Gasteiger partial charge in [0, 0.05) is 5.41 Å². The van der Waals surface area contributed by atoms with Crippen LogP contribution in [-0.2, 0) is 14.7 Å². The summed E-state index contributed by atoms with van der Waals surface area (Å²) >= 11 is 0. The van der Waals surface area contributed by atoms with Crippen LogP contribution in [0.25, 0.3) is 11.1 Å². The monoisotopic (exact) mass is 404 g/mol. The van der Waals surface area contributed by atoms with Crippen molar-refractivity contribution in [1.82, 2.24) is 0 Å². The highest BCUT2D eigenvalue weighted by Crippen LogP contribution is 2.53. The maximum atomic E-state index is 6.40. The van der Waals surface area contributed by atoms with Crippen LogP contribution < -0.4 is 5.46 Å². The van der Waals surface area contributed by atoms with Crippen molar-refractivity contribution in [2.45, 2.75) is 96.7 Å². The van der Waals surface area contributed by atoms with Gasteiger partial charge in [0.1, 0.15) is 0 Å². The van der Waals surface area contributed by atoms with Crippen LogP contribution in [0, 0.1) is 0 Å². The molecule has 0 aromatic heterocycles. The minimum Gasteiger partial charge on any atom is -0.399 e.